The number of carbonyl (C=O) groups is 1. The zero-order valence-electron chi connectivity index (χ0n) is 10.0. The van der Waals surface area contributed by atoms with Crippen molar-refractivity contribution in [2.24, 2.45) is 5.92 Å². The molecule has 0 bridgehead atoms. The first-order chi connectivity index (χ1) is 7.02. The average molecular weight is 213 g/mol. The highest BCUT2D eigenvalue weighted by Gasteiger charge is 2.27. The minimum absolute atomic E-state index is 0.0924. The standard InChI is InChI=1S/C11H23N3O/c1-9(2)6-13-10(15)7-14-11(3)4-5-12-8-11/h9,12,14H,4-8H2,1-3H3,(H,13,15). The molecule has 3 N–H and O–H groups in total. The zero-order valence-corrected chi connectivity index (χ0v) is 10.0. The smallest absolute Gasteiger partial charge is 0.233 e. The molecule has 0 spiro atoms. The third-order valence-corrected chi connectivity index (χ3v) is 2.75. The van der Waals surface area contributed by atoms with E-state index in [-0.39, 0.29) is 11.4 Å². The molecule has 1 saturated heterocycles. The molecular weight excluding hydrogens is 190 g/mol. The molecule has 0 aromatic heterocycles. The molecule has 1 fully saturated rings. The number of hydrogen-bond donors (Lipinski definition) is 3. The van der Waals surface area contributed by atoms with Crippen LogP contribution in [0.3, 0.4) is 0 Å². The summed E-state index contributed by atoms with van der Waals surface area (Å²) in [5, 5.41) is 9.50. The van der Waals surface area contributed by atoms with Crippen LogP contribution in [0.4, 0.5) is 0 Å². The fourth-order valence-corrected chi connectivity index (χ4v) is 1.64. The summed E-state index contributed by atoms with van der Waals surface area (Å²) in [6, 6.07) is 0. The van der Waals surface area contributed by atoms with Crippen LogP contribution in [0.25, 0.3) is 0 Å². The van der Waals surface area contributed by atoms with Gasteiger partial charge >= 0.3 is 0 Å². The third-order valence-electron chi connectivity index (χ3n) is 2.75. The highest BCUT2D eigenvalue weighted by Crippen LogP contribution is 2.12. The van der Waals surface area contributed by atoms with Gasteiger partial charge in [-0.2, -0.15) is 0 Å². The van der Waals surface area contributed by atoms with Gasteiger partial charge in [-0.15, -0.1) is 0 Å². The van der Waals surface area contributed by atoms with Crippen LogP contribution in [0.1, 0.15) is 27.2 Å². The van der Waals surface area contributed by atoms with Crippen LogP contribution in [-0.4, -0.2) is 37.6 Å². The Kier molecular flexibility index (Phi) is 4.54. The maximum Gasteiger partial charge on any atom is 0.233 e. The topological polar surface area (TPSA) is 53.2 Å². The lowest BCUT2D eigenvalue weighted by molar-refractivity contribution is -0.120. The minimum atomic E-state index is 0.0924. The van der Waals surface area contributed by atoms with Gasteiger partial charge in [0.15, 0.2) is 0 Å². The second-order valence-electron chi connectivity index (χ2n) is 5.04. The lowest BCUT2D eigenvalue weighted by Gasteiger charge is -2.24. The van der Waals surface area contributed by atoms with Gasteiger partial charge in [-0.3, -0.25) is 4.79 Å². The summed E-state index contributed by atoms with van der Waals surface area (Å²) >= 11 is 0. The Labute approximate surface area is 92.2 Å². The number of amides is 1. The van der Waals surface area contributed by atoms with Gasteiger partial charge in [0, 0.05) is 18.6 Å². The van der Waals surface area contributed by atoms with Crippen molar-refractivity contribution < 1.29 is 4.79 Å². The zero-order chi connectivity index (χ0) is 11.3. The molecule has 4 heteroatoms. The van der Waals surface area contributed by atoms with E-state index in [1.807, 2.05) is 0 Å². The minimum Gasteiger partial charge on any atom is -0.355 e. The molecule has 1 rings (SSSR count). The number of carbonyl (C=O) groups excluding carboxylic acids is 1. The highest BCUT2D eigenvalue weighted by atomic mass is 16.1. The van der Waals surface area contributed by atoms with E-state index < -0.39 is 0 Å². The fourth-order valence-electron chi connectivity index (χ4n) is 1.64. The fraction of sp³-hybridized carbons (Fsp3) is 0.909. The maximum atomic E-state index is 11.5. The molecule has 1 unspecified atom stereocenters. The number of nitrogens with one attached hydrogen (secondary N) is 3. The van der Waals surface area contributed by atoms with Gasteiger partial charge < -0.3 is 16.0 Å². The predicted octanol–water partition coefficient (Wildman–Crippen LogP) is 0.100. The van der Waals surface area contributed by atoms with Crippen molar-refractivity contribution in [2.45, 2.75) is 32.7 Å². The van der Waals surface area contributed by atoms with Crippen LogP contribution in [0.15, 0.2) is 0 Å². The van der Waals surface area contributed by atoms with Gasteiger partial charge in [-0.1, -0.05) is 13.8 Å². The second-order valence-corrected chi connectivity index (χ2v) is 5.04. The van der Waals surface area contributed by atoms with Gasteiger partial charge in [0.25, 0.3) is 0 Å². The molecule has 0 aliphatic carbocycles. The molecule has 1 aliphatic heterocycles. The van der Waals surface area contributed by atoms with E-state index in [4.69, 9.17) is 0 Å². The molecule has 0 saturated carbocycles. The maximum absolute atomic E-state index is 11.5. The summed E-state index contributed by atoms with van der Waals surface area (Å²) in [5.74, 6) is 0.606. The molecular formula is C11H23N3O. The Morgan fingerprint density at radius 1 is 1.53 bits per heavy atom. The van der Waals surface area contributed by atoms with Crippen molar-refractivity contribution in [3.63, 3.8) is 0 Å². The molecule has 1 amide bonds. The van der Waals surface area contributed by atoms with Crippen molar-refractivity contribution in [1.29, 1.82) is 0 Å². The van der Waals surface area contributed by atoms with Crippen molar-refractivity contribution in [3.05, 3.63) is 0 Å². The summed E-state index contributed by atoms with van der Waals surface area (Å²) in [4.78, 5) is 11.5. The Morgan fingerprint density at radius 2 is 2.27 bits per heavy atom. The first-order valence-corrected chi connectivity index (χ1v) is 5.74. The normalized spacial score (nSPS) is 25.9. The largest absolute Gasteiger partial charge is 0.355 e. The SMILES string of the molecule is CC(C)CNC(=O)CNC1(C)CCNC1. The van der Waals surface area contributed by atoms with Crippen molar-refractivity contribution >= 4 is 5.91 Å². The molecule has 4 nitrogen and oxygen atoms in total. The summed E-state index contributed by atoms with van der Waals surface area (Å²) in [7, 11) is 0. The van der Waals surface area contributed by atoms with Gasteiger partial charge in [0.1, 0.15) is 0 Å². The first kappa shape index (κ1) is 12.5. The van der Waals surface area contributed by atoms with E-state index >= 15 is 0 Å². The van der Waals surface area contributed by atoms with E-state index in [9.17, 15) is 4.79 Å². The van der Waals surface area contributed by atoms with E-state index in [1.165, 1.54) is 0 Å². The van der Waals surface area contributed by atoms with Crippen LogP contribution in [0.5, 0.6) is 0 Å². The van der Waals surface area contributed by atoms with Crippen LogP contribution < -0.4 is 16.0 Å². The summed E-state index contributed by atoms with van der Waals surface area (Å²) in [6.07, 6.45) is 1.09. The quantitative estimate of drug-likeness (QED) is 0.607. The second kappa shape index (κ2) is 5.47. The summed E-state index contributed by atoms with van der Waals surface area (Å²) < 4.78 is 0. The van der Waals surface area contributed by atoms with Crippen LogP contribution in [0, 0.1) is 5.92 Å². The van der Waals surface area contributed by atoms with Gasteiger partial charge in [-0.25, -0.2) is 0 Å². The summed E-state index contributed by atoms with van der Waals surface area (Å²) in [5.41, 5.74) is 0.0924. The highest BCUT2D eigenvalue weighted by molar-refractivity contribution is 5.78. The van der Waals surface area contributed by atoms with Crippen LogP contribution >= 0.6 is 0 Å². The number of rotatable bonds is 5. The monoisotopic (exact) mass is 213 g/mol. The lowest BCUT2D eigenvalue weighted by atomic mass is 10.0. The third kappa shape index (κ3) is 4.62. The Morgan fingerprint density at radius 3 is 2.80 bits per heavy atom. The van der Waals surface area contributed by atoms with E-state index in [2.05, 4.69) is 36.7 Å². The Balaban J connectivity index is 2.16. The molecule has 0 radical (unpaired) electrons. The average Bonchev–Trinajstić information content (AvgIpc) is 2.60. The molecule has 0 aromatic carbocycles. The molecule has 1 atom stereocenters. The van der Waals surface area contributed by atoms with E-state index in [0.717, 1.165) is 26.1 Å². The molecule has 0 aromatic rings. The van der Waals surface area contributed by atoms with Crippen LogP contribution in [-0.2, 0) is 4.79 Å². The van der Waals surface area contributed by atoms with E-state index in [0.29, 0.717) is 12.5 Å². The van der Waals surface area contributed by atoms with Gasteiger partial charge in [0.05, 0.1) is 6.54 Å². The lowest BCUT2D eigenvalue weighted by Crippen LogP contribution is -2.48. The van der Waals surface area contributed by atoms with Crippen LogP contribution in [0.2, 0.25) is 0 Å². The summed E-state index contributed by atoms with van der Waals surface area (Å²) in [6.45, 7) is 9.51. The first-order valence-electron chi connectivity index (χ1n) is 5.74. The van der Waals surface area contributed by atoms with Gasteiger partial charge in [0.2, 0.25) is 5.91 Å². The van der Waals surface area contributed by atoms with Crippen molar-refractivity contribution in [3.8, 4) is 0 Å². The predicted molar refractivity (Wildman–Crippen MR) is 61.7 cm³/mol. The Hall–Kier alpha value is -0.610. The molecule has 1 aliphatic rings. The molecule has 88 valence electrons. The number of hydrogen-bond acceptors (Lipinski definition) is 3. The molecule has 1 heterocycles. The molecule has 15 heavy (non-hydrogen) atoms. The van der Waals surface area contributed by atoms with Crippen molar-refractivity contribution in [1.82, 2.24) is 16.0 Å². The van der Waals surface area contributed by atoms with E-state index in [1.54, 1.807) is 0 Å². The van der Waals surface area contributed by atoms with Gasteiger partial charge in [-0.05, 0) is 25.8 Å². The van der Waals surface area contributed by atoms with Crippen molar-refractivity contribution in [2.75, 3.05) is 26.2 Å². The Bertz CT molecular complexity index is 210.